The zero-order valence-corrected chi connectivity index (χ0v) is 28.6. The van der Waals surface area contributed by atoms with Crippen LogP contribution in [0.25, 0.3) is 11.1 Å². The Hall–Kier alpha value is -0.933. The number of benzene rings is 2. The van der Waals surface area contributed by atoms with Crippen LogP contribution in [-0.4, -0.2) is 5.98 Å². The number of hydrogen-bond acceptors (Lipinski definition) is 0. The fourth-order valence-corrected chi connectivity index (χ4v) is 46.4. The molecule has 2 aromatic rings. The molecular formula is C32H41Cl2HfSi. The van der Waals surface area contributed by atoms with Gasteiger partial charge in [0.15, 0.2) is 0 Å². The van der Waals surface area contributed by atoms with Gasteiger partial charge in [-0.1, -0.05) is 0 Å². The number of hydrogen-bond donors (Lipinski definition) is 0. The van der Waals surface area contributed by atoms with Crippen LogP contribution in [0.1, 0.15) is 63.5 Å². The van der Waals surface area contributed by atoms with Crippen LogP contribution in [0.3, 0.4) is 0 Å². The van der Waals surface area contributed by atoms with Crippen molar-refractivity contribution in [3.8, 4) is 0 Å². The summed E-state index contributed by atoms with van der Waals surface area (Å²) in [6.07, 6.45) is 16.8. The average molecular weight is 703 g/mol. The summed E-state index contributed by atoms with van der Waals surface area (Å²) >= 11 is -4.60. The van der Waals surface area contributed by atoms with Crippen LogP contribution in [0, 0.1) is 0 Å². The van der Waals surface area contributed by atoms with Gasteiger partial charge in [0, 0.05) is 0 Å². The van der Waals surface area contributed by atoms with Crippen LogP contribution in [0.5, 0.6) is 0 Å². The van der Waals surface area contributed by atoms with E-state index < -0.39 is 21.3 Å². The van der Waals surface area contributed by atoms with Crippen LogP contribution < -0.4 is 0 Å². The SMILES string of the molecule is CCCCC1=CC(c2ccccc2)=C[CH]1[Hf]([Cl])([Cl])([CH]1C=C(c2ccccc2)C=C1CCCC)[SiH](C)C. The van der Waals surface area contributed by atoms with E-state index in [4.69, 9.17) is 17.2 Å². The second kappa shape index (κ2) is 11.8. The van der Waals surface area contributed by atoms with Crippen LogP contribution in [0.2, 0.25) is 20.4 Å². The van der Waals surface area contributed by atoms with Crippen molar-refractivity contribution in [3.63, 3.8) is 0 Å². The van der Waals surface area contributed by atoms with Crippen molar-refractivity contribution in [3.05, 3.63) is 107 Å². The molecule has 191 valence electrons. The van der Waals surface area contributed by atoms with Gasteiger partial charge in [-0.2, -0.15) is 0 Å². The zero-order chi connectivity index (χ0) is 25.8. The quantitative estimate of drug-likeness (QED) is 0.205. The molecule has 0 radical (unpaired) electrons. The molecule has 0 N–H and O–H groups in total. The van der Waals surface area contributed by atoms with Crippen LogP contribution in [0.15, 0.2) is 96.1 Å². The van der Waals surface area contributed by atoms with E-state index in [1.807, 2.05) is 0 Å². The van der Waals surface area contributed by atoms with Crippen molar-refractivity contribution in [1.29, 1.82) is 0 Å². The fraction of sp³-hybridized carbons (Fsp3) is 0.375. The summed E-state index contributed by atoms with van der Waals surface area (Å²) in [5.74, 6) is -1.43. The van der Waals surface area contributed by atoms with Crippen LogP contribution in [0.4, 0.5) is 0 Å². The van der Waals surface area contributed by atoms with Crippen LogP contribution in [-0.2, 0) is 15.3 Å². The summed E-state index contributed by atoms with van der Waals surface area (Å²) < 4.78 is 0.445. The topological polar surface area (TPSA) is 0 Å². The summed E-state index contributed by atoms with van der Waals surface area (Å²) in [7, 11) is 16.5. The van der Waals surface area contributed by atoms with Crippen molar-refractivity contribution in [2.24, 2.45) is 0 Å². The molecule has 4 heteroatoms. The van der Waals surface area contributed by atoms with Crippen molar-refractivity contribution >= 4 is 34.3 Å². The molecule has 0 heterocycles. The van der Waals surface area contributed by atoms with Gasteiger partial charge >= 0.3 is 230 Å². The summed E-state index contributed by atoms with van der Waals surface area (Å²) in [5, 5.41) is 0. The molecule has 2 aromatic carbocycles. The Morgan fingerprint density at radius 1 is 0.667 bits per heavy atom. The van der Waals surface area contributed by atoms with E-state index >= 15 is 0 Å². The van der Waals surface area contributed by atoms with Gasteiger partial charge in [-0.25, -0.2) is 0 Å². The van der Waals surface area contributed by atoms with Gasteiger partial charge < -0.3 is 0 Å². The summed E-state index contributed by atoms with van der Waals surface area (Å²) in [6.45, 7) is 9.43. The standard InChI is InChI=1S/2C15H17.C2H7Si.2ClH.Hf/c2*1-2-3-7-13-10-11-15(12-13)14-8-5-4-6-9-14;1-3-2;;;/h2*4-6,8-12H,2-3,7H2,1H3;3H,1-2H3;2*1H;/q;;;;;+2/p-2. The predicted molar refractivity (Wildman–Crippen MR) is 162 cm³/mol. The third kappa shape index (κ3) is 5.44. The minimum absolute atomic E-state index is 0.222. The molecule has 0 spiro atoms. The van der Waals surface area contributed by atoms with Crippen molar-refractivity contribution in [2.75, 3.05) is 0 Å². The van der Waals surface area contributed by atoms with Gasteiger partial charge in [0.2, 0.25) is 0 Å². The normalized spacial score (nSPS) is 21.0. The monoisotopic (exact) mass is 703 g/mol. The molecule has 0 nitrogen and oxygen atoms in total. The van der Waals surface area contributed by atoms with E-state index in [1.54, 1.807) is 0 Å². The van der Waals surface area contributed by atoms with Gasteiger partial charge in [0.1, 0.15) is 0 Å². The number of allylic oxidation sites excluding steroid dienone is 8. The molecule has 2 aliphatic carbocycles. The molecule has 4 rings (SSSR count). The molecule has 2 aliphatic rings. The van der Waals surface area contributed by atoms with Gasteiger partial charge in [-0.3, -0.25) is 0 Å². The van der Waals surface area contributed by atoms with E-state index in [0.717, 1.165) is 12.8 Å². The minimum atomic E-state index is -4.60. The zero-order valence-electron chi connectivity index (χ0n) is 22.3. The molecule has 0 saturated heterocycles. The first-order valence-corrected chi connectivity index (χ1v) is 36.0. The maximum atomic E-state index is 8.27. The van der Waals surface area contributed by atoms with E-state index in [2.05, 4.69) is 112 Å². The van der Waals surface area contributed by atoms with E-state index in [0.29, 0.717) is 0 Å². The molecular weight excluding hydrogens is 662 g/mol. The Morgan fingerprint density at radius 3 is 1.39 bits per heavy atom. The maximum absolute atomic E-state index is 8.27. The Balaban J connectivity index is 1.85. The van der Waals surface area contributed by atoms with Gasteiger partial charge in [0.25, 0.3) is 0 Å². The van der Waals surface area contributed by atoms with Crippen LogP contribution >= 0.6 is 17.2 Å². The van der Waals surface area contributed by atoms with E-state index in [-0.39, 0.29) is 7.35 Å². The Morgan fingerprint density at radius 2 is 1.06 bits per heavy atom. The van der Waals surface area contributed by atoms with Crippen molar-refractivity contribution < 1.29 is 15.3 Å². The number of rotatable bonds is 11. The molecule has 2 atom stereocenters. The molecule has 0 saturated carbocycles. The molecule has 0 bridgehead atoms. The predicted octanol–water partition coefficient (Wildman–Crippen LogP) is 11.0. The van der Waals surface area contributed by atoms with E-state index in [1.165, 1.54) is 59.1 Å². The molecule has 0 aliphatic heterocycles. The first-order chi connectivity index (χ1) is 17.3. The second-order valence-electron chi connectivity index (χ2n) is 11.0. The van der Waals surface area contributed by atoms with Gasteiger partial charge in [-0.05, 0) is 0 Å². The molecule has 2 unspecified atom stereocenters. The first kappa shape index (κ1) is 28.1. The second-order valence-corrected chi connectivity index (χ2v) is 70.6. The van der Waals surface area contributed by atoms with Crippen molar-refractivity contribution in [1.82, 2.24) is 0 Å². The van der Waals surface area contributed by atoms with Gasteiger partial charge in [-0.15, -0.1) is 0 Å². The Bertz CT molecular complexity index is 1090. The molecule has 0 aromatic heterocycles. The summed E-state index contributed by atoms with van der Waals surface area (Å²) in [4.78, 5) is 0. The first-order valence-electron chi connectivity index (χ1n) is 13.8. The summed E-state index contributed by atoms with van der Waals surface area (Å²) in [6, 6.07) is 21.6. The van der Waals surface area contributed by atoms with Gasteiger partial charge in [0.05, 0.1) is 0 Å². The fourth-order valence-electron chi connectivity index (χ4n) is 6.02. The molecule has 0 amide bonds. The van der Waals surface area contributed by atoms with Crippen molar-refractivity contribution in [2.45, 2.75) is 72.8 Å². The number of halogens is 2. The third-order valence-corrected chi connectivity index (χ3v) is 81.7. The third-order valence-electron chi connectivity index (χ3n) is 8.32. The Kier molecular flexibility index (Phi) is 9.24. The molecule has 0 fully saturated rings. The Labute approximate surface area is 228 Å². The van der Waals surface area contributed by atoms with E-state index in [9.17, 15) is 0 Å². The summed E-state index contributed by atoms with van der Waals surface area (Å²) in [5.41, 5.74) is 8.17. The average Bonchev–Trinajstić information content (AvgIpc) is 3.53. The molecule has 36 heavy (non-hydrogen) atoms. The number of unbranched alkanes of at least 4 members (excludes halogenated alkanes) is 2.